The van der Waals surface area contributed by atoms with Crippen molar-refractivity contribution < 1.29 is 14.6 Å². The standard InChI is InChI=1S/C13H18ClNO3/c1-9(2)15(8-13(16)17)7-10-4-5-11(14)6-12(10)18-3/h4-6,9H,7-8H2,1-3H3,(H,16,17). The van der Waals surface area contributed by atoms with Crippen molar-refractivity contribution in [2.75, 3.05) is 13.7 Å². The Kier molecular flexibility index (Phi) is 5.44. The Bertz CT molecular complexity index is 421. The van der Waals surface area contributed by atoms with E-state index in [0.717, 1.165) is 5.56 Å². The molecule has 1 rings (SSSR count). The third kappa shape index (κ3) is 4.20. The van der Waals surface area contributed by atoms with Gasteiger partial charge in [0.05, 0.1) is 13.7 Å². The van der Waals surface area contributed by atoms with Crippen LogP contribution in [0.15, 0.2) is 18.2 Å². The van der Waals surface area contributed by atoms with Gasteiger partial charge in [-0.3, -0.25) is 9.69 Å². The van der Waals surface area contributed by atoms with Gasteiger partial charge >= 0.3 is 5.97 Å². The zero-order valence-electron chi connectivity index (χ0n) is 10.8. The zero-order valence-corrected chi connectivity index (χ0v) is 11.6. The molecule has 1 aromatic rings. The molecule has 0 aliphatic rings. The fraction of sp³-hybridized carbons (Fsp3) is 0.462. The SMILES string of the molecule is COc1cc(Cl)ccc1CN(CC(=O)O)C(C)C. The minimum Gasteiger partial charge on any atom is -0.496 e. The predicted molar refractivity (Wildman–Crippen MR) is 71.2 cm³/mol. The van der Waals surface area contributed by atoms with Gasteiger partial charge in [-0.05, 0) is 26.0 Å². The van der Waals surface area contributed by atoms with Crippen LogP contribution in [0.4, 0.5) is 0 Å². The summed E-state index contributed by atoms with van der Waals surface area (Å²) in [5.41, 5.74) is 0.928. The van der Waals surface area contributed by atoms with Crippen LogP contribution in [-0.4, -0.2) is 35.7 Å². The predicted octanol–water partition coefficient (Wildman–Crippen LogP) is 2.64. The molecule has 0 spiro atoms. The van der Waals surface area contributed by atoms with Crippen LogP contribution in [0.2, 0.25) is 5.02 Å². The lowest BCUT2D eigenvalue weighted by Crippen LogP contribution is -2.35. The summed E-state index contributed by atoms with van der Waals surface area (Å²) in [7, 11) is 1.58. The summed E-state index contributed by atoms with van der Waals surface area (Å²) in [4.78, 5) is 12.7. The number of hydrogen-bond acceptors (Lipinski definition) is 3. The Morgan fingerprint density at radius 3 is 2.67 bits per heavy atom. The van der Waals surface area contributed by atoms with Crippen molar-refractivity contribution in [2.45, 2.75) is 26.4 Å². The van der Waals surface area contributed by atoms with Crippen LogP contribution in [0, 0.1) is 0 Å². The third-order valence-electron chi connectivity index (χ3n) is 2.69. The van der Waals surface area contributed by atoms with Gasteiger partial charge in [-0.2, -0.15) is 0 Å². The molecule has 0 unspecified atom stereocenters. The van der Waals surface area contributed by atoms with E-state index in [1.54, 1.807) is 19.2 Å². The van der Waals surface area contributed by atoms with Gasteiger partial charge in [-0.15, -0.1) is 0 Å². The minimum absolute atomic E-state index is 0.00342. The average Bonchev–Trinajstić information content (AvgIpc) is 2.29. The van der Waals surface area contributed by atoms with Crippen LogP contribution in [0.3, 0.4) is 0 Å². The van der Waals surface area contributed by atoms with Gasteiger partial charge < -0.3 is 9.84 Å². The molecule has 0 bridgehead atoms. The summed E-state index contributed by atoms with van der Waals surface area (Å²) < 4.78 is 5.25. The van der Waals surface area contributed by atoms with Crippen LogP contribution >= 0.6 is 11.6 Å². The Hall–Kier alpha value is -1.26. The van der Waals surface area contributed by atoms with Crippen molar-refractivity contribution in [3.05, 3.63) is 28.8 Å². The van der Waals surface area contributed by atoms with E-state index in [4.69, 9.17) is 21.4 Å². The van der Waals surface area contributed by atoms with E-state index in [1.807, 2.05) is 24.8 Å². The van der Waals surface area contributed by atoms with E-state index in [-0.39, 0.29) is 12.6 Å². The number of methoxy groups -OCH3 is 1. The maximum atomic E-state index is 10.8. The van der Waals surface area contributed by atoms with E-state index in [9.17, 15) is 4.79 Å². The van der Waals surface area contributed by atoms with E-state index >= 15 is 0 Å². The monoisotopic (exact) mass is 271 g/mol. The van der Waals surface area contributed by atoms with E-state index in [2.05, 4.69) is 0 Å². The third-order valence-corrected chi connectivity index (χ3v) is 2.93. The van der Waals surface area contributed by atoms with Crippen molar-refractivity contribution >= 4 is 17.6 Å². The number of nitrogens with zero attached hydrogens (tertiary/aromatic N) is 1. The molecule has 0 radical (unpaired) electrons. The summed E-state index contributed by atoms with van der Waals surface area (Å²) in [6.45, 7) is 4.45. The summed E-state index contributed by atoms with van der Waals surface area (Å²) in [6.07, 6.45) is 0. The summed E-state index contributed by atoms with van der Waals surface area (Å²) in [6, 6.07) is 5.51. The second-order valence-electron chi connectivity index (χ2n) is 4.35. The molecule has 0 aromatic heterocycles. The average molecular weight is 272 g/mol. The topological polar surface area (TPSA) is 49.8 Å². The minimum atomic E-state index is -0.836. The molecule has 100 valence electrons. The fourth-order valence-corrected chi connectivity index (χ4v) is 1.82. The normalized spacial score (nSPS) is 11.0. The summed E-state index contributed by atoms with van der Waals surface area (Å²) >= 11 is 5.89. The van der Waals surface area contributed by atoms with Crippen LogP contribution in [0.5, 0.6) is 5.75 Å². The highest BCUT2D eigenvalue weighted by molar-refractivity contribution is 6.30. The Morgan fingerprint density at radius 2 is 2.17 bits per heavy atom. The zero-order chi connectivity index (χ0) is 13.7. The Balaban J connectivity index is 2.89. The van der Waals surface area contributed by atoms with Crippen LogP contribution < -0.4 is 4.74 Å². The maximum absolute atomic E-state index is 10.8. The molecule has 0 aliphatic heterocycles. The fourth-order valence-electron chi connectivity index (χ4n) is 1.66. The number of carboxylic acids is 1. The maximum Gasteiger partial charge on any atom is 0.317 e. The van der Waals surface area contributed by atoms with Gasteiger partial charge in [0.2, 0.25) is 0 Å². The Morgan fingerprint density at radius 1 is 1.50 bits per heavy atom. The molecule has 0 atom stereocenters. The van der Waals surface area contributed by atoms with Gasteiger partial charge in [-0.25, -0.2) is 0 Å². The lowest BCUT2D eigenvalue weighted by molar-refractivity contribution is -0.138. The second-order valence-corrected chi connectivity index (χ2v) is 4.79. The summed E-state index contributed by atoms with van der Waals surface area (Å²) in [5, 5.41) is 9.49. The molecule has 0 saturated heterocycles. The lowest BCUT2D eigenvalue weighted by Gasteiger charge is -2.25. The van der Waals surface area contributed by atoms with Crippen molar-refractivity contribution in [1.29, 1.82) is 0 Å². The van der Waals surface area contributed by atoms with Gasteiger partial charge in [0.25, 0.3) is 0 Å². The number of rotatable bonds is 6. The number of carbonyl (C=O) groups is 1. The van der Waals surface area contributed by atoms with E-state index in [1.165, 1.54) is 0 Å². The highest BCUT2D eigenvalue weighted by Gasteiger charge is 2.16. The van der Waals surface area contributed by atoms with Crippen LogP contribution in [0.25, 0.3) is 0 Å². The van der Waals surface area contributed by atoms with Gasteiger partial charge in [0.15, 0.2) is 0 Å². The lowest BCUT2D eigenvalue weighted by atomic mass is 10.1. The molecule has 4 nitrogen and oxygen atoms in total. The van der Waals surface area contributed by atoms with Crippen molar-refractivity contribution in [3.63, 3.8) is 0 Å². The number of carboxylic acid groups (broad SMARTS) is 1. The molecule has 0 aliphatic carbocycles. The molecule has 5 heteroatoms. The van der Waals surface area contributed by atoms with Gasteiger partial charge in [0.1, 0.15) is 5.75 Å². The largest absolute Gasteiger partial charge is 0.496 e. The highest BCUT2D eigenvalue weighted by Crippen LogP contribution is 2.24. The summed E-state index contributed by atoms with van der Waals surface area (Å²) in [5.74, 6) is -0.157. The number of hydrogen-bond donors (Lipinski definition) is 1. The van der Waals surface area contributed by atoms with Crippen molar-refractivity contribution in [3.8, 4) is 5.75 Å². The van der Waals surface area contributed by atoms with Crippen molar-refractivity contribution in [2.24, 2.45) is 0 Å². The number of halogens is 1. The highest BCUT2D eigenvalue weighted by atomic mass is 35.5. The van der Waals surface area contributed by atoms with Crippen LogP contribution in [0.1, 0.15) is 19.4 Å². The van der Waals surface area contributed by atoms with E-state index in [0.29, 0.717) is 17.3 Å². The van der Waals surface area contributed by atoms with Crippen LogP contribution in [-0.2, 0) is 11.3 Å². The molecule has 1 aromatic carbocycles. The first kappa shape index (κ1) is 14.8. The molecule has 18 heavy (non-hydrogen) atoms. The van der Waals surface area contributed by atoms with Crippen molar-refractivity contribution in [1.82, 2.24) is 4.90 Å². The molecular weight excluding hydrogens is 254 g/mol. The molecule has 0 fully saturated rings. The van der Waals surface area contributed by atoms with Gasteiger partial charge in [-0.1, -0.05) is 17.7 Å². The number of benzene rings is 1. The first-order valence-electron chi connectivity index (χ1n) is 5.72. The number of aliphatic carboxylic acids is 1. The molecule has 0 heterocycles. The quantitative estimate of drug-likeness (QED) is 0.864. The van der Waals surface area contributed by atoms with E-state index < -0.39 is 5.97 Å². The molecule has 0 amide bonds. The molecular formula is C13H18ClNO3. The molecule has 1 N–H and O–H groups in total. The molecule has 0 saturated carbocycles. The number of ether oxygens (including phenoxy) is 1. The second kappa shape index (κ2) is 6.61. The first-order chi connectivity index (χ1) is 8.43. The Labute approximate surface area is 112 Å². The van der Waals surface area contributed by atoms with Gasteiger partial charge in [0, 0.05) is 23.2 Å². The first-order valence-corrected chi connectivity index (χ1v) is 6.10. The smallest absolute Gasteiger partial charge is 0.317 e.